The summed E-state index contributed by atoms with van der Waals surface area (Å²) in [5.74, 6) is -0.833. The number of hydrogen-bond donors (Lipinski definition) is 1. The van der Waals surface area contributed by atoms with Gasteiger partial charge in [-0.3, -0.25) is 13.9 Å². The van der Waals surface area contributed by atoms with Crippen molar-refractivity contribution >= 4 is 50.7 Å². The number of halogens is 2. The van der Waals surface area contributed by atoms with E-state index in [1.165, 1.54) is 35.2 Å². The van der Waals surface area contributed by atoms with Gasteiger partial charge in [0, 0.05) is 13.1 Å². The summed E-state index contributed by atoms with van der Waals surface area (Å²) in [5, 5.41) is 3.19. The molecule has 0 aliphatic rings. The predicted octanol–water partition coefficient (Wildman–Crippen LogP) is 5.75. The van der Waals surface area contributed by atoms with Crippen LogP contribution in [-0.4, -0.2) is 44.3 Å². The molecule has 39 heavy (non-hydrogen) atoms. The lowest BCUT2D eigenvalue weighted by Crippen LogP contribution is -2.52. The summed E-state index contributed by atoms with van der Waals surface area (Å²) >= 11 is 12.3. The molecule has 7 nitrogen and oxygen atoms in total. The molecule has 0 saturated carbocycles. The first-order valence-corrected chi connectivity index (χ1v) is 14.8. The molecule has 3 aromatic carbocycles. The Morgan fingerprint density at radius 1 is 0.897 bits per heavy atom. The fourth-order valence-electron chi connectivity index (χ4n) is 4.23. The summed E-state index contributed by atoms with van der Waals surface area (Å²) in [6.07, 6.45) is 0.348. The minimum Gasteiger partial charge on any atom is -0.355 e. The largest absolute Gasteiger partial charge is 0.355 e. The maximum Gasteiger partial charge on any atom is 0.264 e. The number of carbonyl (C=O) groups is 2. The van der Waals surface area contributed by atoms with E-state index in [1.807, 2.05) is 45.0 Å². The molecule has 1 atom stereocenters. The van der Waals surface area contributed by atoms with Crippen LogP contribution in [0.1, 0.15) is 37.0 Å². The number of anilines is 1. The van der Waals surface area contributed by atoms with Gasteiger partial charge in [0.2, 0.25) is 11.8 Å². The van der Waals surface area contributed by atoms with Gasteiger partial charge < -0.3 is 10.2 Å². The highest BCUT2D eigenvalue weighted by Crippen LogP contribution is 2.31. The third-order valence-corrected chi connectivity index (χ3v) is 8.78. The van der Waals surface area contributed by atoms with Gasteiger partial charge in [-0.15, -0.1) is 0 Å². The summed E-state index contributed by atoms with van der Waals surface area (Å²) in [6, 6.07) is 17.6. The number of carbonyl (C=O) groups excluding carboxylic acids is 2. The highest BCUT2D eigenvalue weighted by molar-refractivity contribution is 7.92. The third kappa shape index (κ3) is 7.53. The number of amides is 2. The Morgan fingerprint density at radius 2 is 1.59 bits per heavy atom. The smallest absolute Gasteiger partial charge is 0.264 e. The maximum atomic E-state index is 14.0. The minimum absolute atomic E-state index is 0.0213. The molecule has 0 spiro atoms. The van der Waals surface area contributed by atoms with Crippen LogP contribution in [0.3, 0.4) is 0 Å². The van der Waals surface area contributed by atoms with Gasteiger partial charge in [0.1, 0.15) is 12.6 Å². The van der Waals surface area contributed by atoms with Crippen LogP contribution in [0, 0.1) is 13.8 Å². The van der Waals surface area contributed by atoms with Crippen molar-refractivity contribution in [2.45, 2.75) is 51.6 Å². The predicted molar refractivity (Wildman–Crippen MR) is 157 cm³/mol. The minimum atomic E-state index is -4.19. The van der Waals surface area contributed by atoms with E-state index in [4.69, 9.17) is 23.2 Å². The molecular formula is C29H33Cl2N3O4S. The highest BCUT2D eigenvalue weighted by atomic mass is 35.5. The molecule has 0 aromatic heterocycles. The van der Waals surface area contributed by atoms with Crippen molar-refractivity contribution in [2.24, 2.45) is 0 Å². The van der Waals surface area contributed by atoms with E-state index in [2.05, 4.69) is 5.32 Å². The van der Waals surface area contributed by atoms with Crippen molar-refractivity contribution in [2.75, 3.05) is 17.4 Å². The van der Waals surface area contributed by atoms with Crippen LogP contribution in [0.4, 0.5) is 5.69 Å². The number of nitrogens with one attached hydrogen (secondary N) is 1. The molecule has 0 heterocycles. The van der Waals surface area contributed by atoms with Gasteiger partial charge in [-0.1, -0.05) is 77.7 Å². The molecule has 0 bridgehead atoms. The lowest BCUT2D eigenvalue weighted by molar-refractivity contribution is -0.140. The molecule has 3 aromatic rings. The van der Waals surface area contributed by atoms with Crippen molar-refractivity contribution in [3.8, 4) is 0 Å². The number of nitrogens with zero attached hydrogens (tertiary/aromatic N) is 2. The van der Waals surface area contributed by atoms with Crippen LogP contribution in [0.5, 0.6) is 0 Å². The van der Waals surface area contributed by atoms with Crippen molar-refractivity contribution in [1.29, 1.82) is 0 Å². The summed E-state index contributed by atoms with van der Waals surface area (Å²) in [5.41, 5.74) is 2.90. The lowest BCUT2D eigenvalue weighted by atomic mass is 10.1. The molecule has 0 unspecified atom stereocenters. The van der Waals surface area contributed by atoms with Crippen molar-refractivity contribution in [1.82, 2.24) is 10.2 Å². The van der Waals surface area contributed by atoms with E-state index < -0.39 is 28.5 Å². The molecule has 0 saturated heterocycles. The first kappa shape index (κ1) is 30.5. The average Bonchev–Trinajstić information content (AvgIpc) is 2.89. The molecule has 0 aliphatic heterocycles. The SMILES string of the molecule is CCNC(=O)[C@H](CC)N(Cc1cccc(C)c1)C(=O)CN(c1ccc(Cl)c(Cl)c1)S(=O)(=O)c1ccc(C)cc1. The standard InChI is InChI=1S/C29H33Cl2N3O4S/c1-5-27(29(36)32-6-2)33(18-22-9-7-8-21(4)16-22)28(35)19-34(23-12-15-25(30)26(31)17-23)39(37,38)24-13-10-20(3)11-14-24/h7-17,27H,5-6,18-19H2,1-4H3,(H,32,36)/t27-/m0/s1. The zero-order valence-corrected chi connectivity index (χ0v) is 24.8. The van der Waals surface area contributed by atoms with Crippen molar-refractivity contribution in [3.05, 3.63) is 93.5 Å². The van der Waals surface area contributed by atoms with Crippen LogP contribution >= 0.6 is 23.2 Å². The van der Waals surface area contributed by atoms with E-state index in [1.54, 1.807) is 19.1 Å². The van der Waals surface area contributed by atoms with Gasteiger partial charge >= 0.3 is 0 Å². The second-order valence-electron chi connectivity index (χ2n) is 9.25. The second-order valence-corrected chi connectivity index (χ2v) is 11.9. The first-order chi connectivity index (χ1) is 18.5. The monoisotopic (exact) mass is 589 g/mol. The average molecular weight is 591 g/mol. The van der Waals surface area contributed by atoms with Gasteiger partial charge in [0.05, 0.1) is 20.6 Å². The third-order valence-electron chi connectivity index (χ3n) is 6.25. The highest BCUT2D eigenvalue weighted by Gasteiger charge is 2.33. The molecule has 0 fully saturated rings. The Morgan fingerprint density at radius 3 is 2.18 bits per heavy atom. The Balaban J connectivity index is 2.09. The second kappa shape index (κ2) is 13.3. The Hall–Kier alpha value is -3.07. The van der Waals surface area contributed by atoms with Crippen LogP contribution in [0.15, 0.2) is 71.6 Å². The zero-order chi connectivity index (χ0) is 28.7. The fourth-order valence-corrected chi connectivity index (χ4v) is 5.92. The topological polar surface area (TPSA) is 86.8 Å². The summed E-state index contributed by atoms with van der Waals surface area (Å²) in [6.45, 7) is 7.40. The summed E-state index contributed by atoms with van der Waals surface area (Å²) in [7, 11) is -4.19. The van der Waals surface area contributed by atoms with Gasteiger partial charge in [-0.05, 0) is 63.1 Å². The maximum absolute atomic E-state index is 14.0. The van der Waals surface area contributed by atoms with Crippen LogP contribution in [0.25, 0.3) is 0 Å². The Labute approximate surface area is 240 Å². The molecule has 0 aliphatic carbocycles. The van der Waals surface area contributed by atoms with Gasteiger partial charge in [0.25, 0.3) is 10.0 Å². The number of likely N-dealkylation sites (N-methyl/N-ethyl adjacent to an activating group) is 1. The van der Waals surface area contributed by atoms with E-state index >= 15 is 0 Å². The molecule has 10 heteroatoms. The lowest BCUT2D eigenvalue weighted by Gasteiger charge is -2.33. The van der Waals surface area contributed by atoms with E-state index in [-0.39, 0.29) is 33.1 Å². The van der Waals surface area contributed by atoms with Crippen LogP contribution < -0.4 is 9.62 Å². The Bertz CT molecular complexity index is 1430. The number of aryl methyl sites for hydroxylation is 2. The number of benzene rings is 3. The summed E-state index contributed by atoms with van der Waals surface area (Å²) in [4.78, 5) is 28.4. The van der Waals surface area contributed by atoms with Crippen molar-refractivity contribution < 1.29 is 18.0 Å². The Kier molecular flexibility index (Phi) is 10.4. The quantitative estimate of drug-likeness (QED) is 0.308. The molecule has 208 valence electrons. The molecule has 0 radical (unpaired) electrons. The number of hydrogen-bond acceptors (Lipinski definition) is 4. The zero-order valence-electron chi connectivity index (χ0n) is 22.4. The molecule has 3 rings (SSSR count). The van der Waals surface area contributed by atoms with Crippen LogP contribution in [-0.2, 0) is 26.2 Å². The van der Waals surface area contributed by atoms with Gasteiger partial charge in [0.15, 0.2) is 0 Å². The number of sulfonamides is 1. The summed E-state index contributed by atoms with van der Waals surface area (Å²) < 4.78 is 28.8. The van der Waals surface area contributed by atoms with E-state index in [9.17, 15) is 18.0 Å². The van der Waals surface area contributed by atoms with Gasteiger partial charge in [-0.25, -0.2) is 8.42 Å². The fraction of sp³-hybridized carbons (Fsp3) is 0.310. The normalized spacial score (nSPS) is 12.1. The molecular weight excluding hydrogens is 557 g/mol. The van der Waals surface area contributed by atoms with Crippen molar-refractivity contribution in [3.63, 3.8) is 0 Å². The van der Waals surface area contributed by atoms with Gasteiger partial charge in [-0.2, -0.15) is 0 Å². The van der Waals surface area contributed by atoms with E-state index in [0.29, 0.717) is 13.0 Å². The van der Waals surface area contributed by atoms with E-state index in [0.717, 1.165) is 21.0 Å². The first-order valence-electron chi connectivity index (χ1n) is 12.6. The molecule has 1 N–H and O–H groups in total. The van der Waals surface area contributed by atoms with Crippen LogP contribution in [0.2, 0.25) is 10.0 Å². The molecule has 2 amide bonds. The number of rotatable bonds is 11.